The Morgan fingerprint density at radius 3 is 2.35 bits per heavy atom. The van der Waals surface area contributed by atoms with Gasteiger partial charge in [-0.3, -0.25) is 4.79 Å². The SMILES string of the molecule is CC(C)(C)C(=O)Nc1ccc(-n2nnc3cc(C(F)(F)F)cnc32)cc1. The molecule has 6 nitrogen and oxygen atoms in total. The third-order valence-electron chi connectivity index (χ3n) is 3.67. The predicted molar refractivity (Wildman–Crippen MR) is 89.7 cm³/mol. The molecule has 0 aliphatic rings. The number of aromatic nitrogens is 4. The summed E-state index contributed by atoms with van der Waals surface area (Å²) in [6.07, 6.45) is -3.74. The van der Waals surface area contributed by atoms with Crippen molar-refractivity contribution in [2.45, 2.75) is 26.9 Å². The average Bonchev–Trinajstić information content (AvgIpc) is 2.97. The van der Waals surface area contributed by atoms with Gasteiger partial charge < -0.3 is 5.32 Å². The molecule has 0 saturated carbocycles. The van der Waals surface area contributed by atoms with Gasteiger partial charge in [0.1, 0.15) is 5.52 Å². The number of anilines is 1. The number of nitrogens with one attached hydrogen (secondary N) is 1. The molecule has 0 aliphatic heterocycles. The number of carbonyl (C=O) groups excluding carboxylic acids is 1. The predicted octanol–water partition coefficient (Wildman–Crippen LogP) is 3.82. The lowest BCUT2D eigenvalue weighted by Gasteiger charge is -2.17. The maximum atomic E-state index is 12.7. The molecular formula is C17H16F3N5O. The van der Waals surface area contributed by atoms with Crippen LogP contribution in [-0.4, -0.2) is 25.9 Å². The van der Waals surface area contributed by atoms with Crippen LogP contribution in [0.25, 0.3) is 16.9 Å². The molecular weight excluding hydrogens is 347 g/mol. The molecule has 1 N–H and O–H groups in total. The molecule has 0 unspecified atom stereocenters. The number of benzene rings is 1. The van der Waals surface area contributed by atoms with Crippen molar-refractivity contribution in [2.24, 2.45) is 5.41 Å². The second-order valence-electron chi connectivity index (χ2n) is 6.82. The zero-order valence-electron chi connectivity index (χ0n) is 14.3. The summed E-state index contributed by atoms with van der Waals surface area (Å²) < 4.78 is 39.6. The minimum atomic E-state index is -4.49. The minimum absolute atomic E-state index is 0.0462. The van der Waals surface area contributed by atoms with Crippen molar-refractivity contribution in [1.29, 1.82) is 0 Å². The first-order valence-electron chi connectivity index (χ1n) is 7.76. The van der Waals surface area contributed by atoms with Gasteiger partial charge in [-0.05, 0) is 30.3 Å². The van der Waals surface area contributed by atoms with E-state index in [1.54, 1.807) is 45.0 Å². The molecule has 1 aromatic carbocycles. The average molecular weight is 363 g/mol. The lowest BCUT2D eigenvalue weighted by molar-refractivity contribution is -0.137. The van der Waals surface area contributed by atoms with Gasteiger partial charge in [0.25, 0.3) is 0 Å². The van der Waals surface area contributed by atoms with Crippen LogP contribution in [0.15, 0.2) is 36.5 Å². The van der Waals surface area contributed by atoms with Crippen LogP contribution in [0.2, 0.25) is 0 Å². The number of carbonyl (C=O) groups is 1. The Labute approximate surface area is 147 Å². The number of nitrogens with zero attached hydrogens (tertiary/aromatic N) is 4. The molecule has 0 bridgehead atoms. The van der Waals surface area contributed by atoms with E-state index in [9.17, 15) is 18.0 Å². The summed E-state index contributed by atoms with van der Waals surface area (Å²) in [4.78, 5) is 15.8. The fourth-order valence-corrected chi connectivity index (χ4v) is 2.15. The molecule has 26 heavy (non-hydrogen) atoms. The fraction of sp³-hybridized carbons (Fsp3) is 0.294. The topological polar surface area (TPSA) is 72.7 Å². The number of fused-ring (bicyclic) bond motifs is 1. The second kappa shape index (κ2) is 6.08. The van der Waals surface area contributed by atoms with Crippen molar-refractivity contribution >= 4 is 22.8 Å². The smallest absolute Gasteiger partial charge is 0.326 e. The summed E-state index contributed by atoms with van der Waals surface area (Å²) >= 11 is 0. The zero-order valence-corrected chi connectivity index (χ0v) is 14.3. The molecule has 136 valence electrons. The number of rotatable bonds is 2. The lowest BCUT2D eigenvalue weighted by Crippen LogP contribution is -2.27. The van der Waals surface area contributed by atoms with E-state index in [0.29, 0.717) is 11.4 Å². The van der Waals surface area contributed by atoms with Crippen LogP contribution in [0.1, 0.15) is 26.3 Å². The Balaban J connectivity index is 1.89. The van der Waals surface area contributed by atoms with Crippen molar-refractivity contribution in [3.63, 3.8) is 0 Å². The molecule has 0 spiro atoms. The highest BCUT2D eigenvalue weighted by molar-refractivity contribution is 5.94. The number of alkyl halides is 3. The second-order valence-corrected chi connectivity index (χ2v) is 6.82. The first-order chi connectivity index (χ1) is 12.1. The highest BCUT2D eigenvalue weighted by Gasteiger charge is 2.31. The van der Waals surface area contributed by atoms with Crippen molar-refractivity contribution in [1.82, 2.24) is 20.0 Å². The fourth-order valence-electron chi connectivity index (χ4n) is 2.15. The van der Waals surface area contributed by atoms with Crippen molar-refractivity contribution < 1.29 is 18.0 Å². The van der Waals surface area contributed by atoms with Crippen LogP contribution in [0.5, 0.6) is 0 Å². The van der Waals surface area contributed by atoms with Gasteiger partial charge in [-0.15, -0.1) is 5.10 Å². The Morgan fingerprint density at radius 2 is 1.77 bits per heavy atom. The van der Waals surface area contributed by atoms with E-state index >= 15 is 0 Å². The van der Waals surface area contributed by atoms with Gasteiger partial charge in [0, 0.05) is 17.3 Å². The number of amides is 1. The standard InChI is InChI=1S/C17H16F3N5O/c1-16(2,3)15(26)22-11-4-6-12(7-5-11)25-14-13(23-24-25)8-10(9-21-14)17(18,19)20/h4-9H,1-3H3,(H,22,26). The zero-order chi connectivity index (χ0) is 19.1. The van der Waals surface area contributed by atoms with E-state index in [0.717, 1.165) is 12.3 Å². The van der Waals surface area contributed by atoms with Crippen LogP contribution in [0, 0.1) is 5.41 Å². The molecule has 2 heterocycles. The van der Waals surface area contributed by atoms with Crippen LogP contribution in [0.4, 0.5) is 18.9 Å². The van der Waals surface area contributed by atoms with Gasteiger partial charge in [-0.2, -0.15) is 17.9 Å². The molecule has 0 fully saturated rings. The van der Waals surface area contributed by atoms with Crippen molar-refractivity contribution in [3.05, 3.63) is 42.1 Å². The first kappa shape index (κ1) is 17.8. The summed E-state index contributed by atoms with van der Waals surface area (Å²) in [6.45, 7) is 5.41. The van der Waals surface area contributed by atoms with Gasteiger partial charge in [-0.1, -0.05) is 26.0 Å². The van der Waals surface area contributed by atoms with Crippen LogP contribution in [0.3, 0.4) is 0 Å². The summed E-state index contributed by atoms with van der Waals surface area (Å²) in [5, 5.41) is 10.4. The maximum absolute atomic E-state index is 12.7. The molecule has 0 atom stereocenters. The number of pyridine rings is 1. The number of hydrogen-bond donors (Lipinski definition) is 1. The molecule has 0 radical (unpaired) electrons. The lowest BCUT2D eigenvalue weighted by atomic mass is 9.95. The molecule has 0 aliphatic carbocycles. The Hall–Kier alpha value is -2.97. The monoisotopic (exact) mass is 363 g/mol. The van der Waals surface area contributed by atoms with Crippen LogP contribution >= 0.6 is 0 Å². The van der Waals surface area contributed by atoms with Gasteiger partial charge in [0.2, 0.25) is 5.91 Å². The third-order valence-corrected chi connectivity index (χ3v) is 3.67. The summed E-state index contributed by atoms with van der Waals surface area (Å²) in [5.74, 6) is -0.127. The third kappa shape index (κ3) is 3.51. The van der Waals surface area contributed by atoms with Crippen LogP contribution < -0.4 is 5.32 Å². The maximum Gasteiger partial charge on any atom is 0.417 e. The van der Waals surface area contributed by atoms with E-state index in [1.165, 1.54) is 4.68 Å². The van der Waals surface area contributed by atoms with E-state index in [-0.39, 0.29) is 17.1 Å². The van der Waals surface area contributed by atoms with Gasteiger partial charge in [0.15, 0.2) is 5.65 Å². The molecule has 3 rings (SSSR count). The number of halogens is 3. The molecule has 3 aromatic rings. The minimum Gasteiger partial charge on any atom is -0.326 e. The Kier molecular flexibility index (Phi) is 4.17. The summed E-state index contributed by atoms with van der Waals surface area (Å²) in [7, 11) is 0. The largest absolute Gasteiger partial charge is 0.417 e. The first-order valence-corrected chi connectivity index (χ1v) is 7.76. The molecule has 0 saturated heterocycles. The molecule has 2 aromatic heterocycles. The van der Waals surface area contributed by atoms with E-state index in [1.807, 2.05) is 0 Å². The number of hydrogen-bond acceptors (Lipinski definition) is 4. The van der Waals surface area contributed by atoms with Gasteiger partial charge >= 0.3 is 6.18 Å². The summed E-state index contributed by atoms with van der Waals surface area (Å²) in [6, 6.07) is 7.61. The van der Waals surface area contributed by atoms with E-state index in [4.69, 9.17) is 0 Å². The molecule has 1 amide bonds. The van der Waals surface area contributed by atoms with Crippen molar-refractivity contribution in [2.75, 3.05) is 5.32 Å². The van der Waals surface area contributed by atoms with E-state index < -0.39 is 17.2 Å². The van der Waals surface area contributed by atoms with Gasteiger partial charge in [-0.25, -0.2) is 4.98 Å². The highest BCUT2D eigenvalue weighted by Crippen LogP contribution is 2.30. The highest BCUT2D eigenvalue weighted by atomic mass is 19.4. The quantitative estimate of drug-likeness (QED) is 0.751. The van der Waals surface area contributed by atoms with Crippen LogP contribution in [-0.2, 0) is 11.0 Å². The normalized spacial score (nSPS) is 12.4. The van der Waals surface area contributed by atoms with Crippen molar-refractivity contribution in [3.8, 4) is 5.69 Å². The van der Waals surface area contributed by atoms with E-state index in [2.05, 4.69) is 20.6 Å². The summed E-state index contributed by atoms with van der Waals surface area (Å²) in [5.41, 5.74) is 0.0200. The van der Waals surface area contributed by atoms with Gasteiger partial charge in [0.05, 0.1) is 11.3 Å². The Bertz CT molecular complexity index is 955. The molecule has 9 heteroatoms. The Morgan fingerprint density at radius 1 is 1.12 bits per heavy atom.